The summed E-state index contributed by atoms with van der Waals surface area (Å²) < 4.78 is 1.80. The molecule has 19 heavy (non-hydrogen) atoms. The number of hydrogen-bond acceptors (Lipinski definition) is 3. The van der Waals surface area contributed by atoms with Crippen LogP contribution in [0, 0.1) is 0 Å². The molecule has 2 N–H and O–H groups in total. The number of aliphatic hydroxyl groups is 1. The maximum absolute atomic E-state index is 11.0. The molecule has 0 aliphatic rings. The van der Waals surface area contributed by atoms with Crippen molar-refractivity contribution in [3.05, 3.63) is 36.7 Å². The lowest BCUT2D eigenvalue weighted by Crippen LogP contribution is -2.05. The first-order chi connectivity index (χ1) is 9.19. The van der Waals surface area contributed by atoms with Gasteiger partial charge in [-0.05, 0) is 24.1 Å². The molecular formula is C14H17N3O2. The molecule has 5 nitrogen and oxygen atoms in total. The van der Waals surface area contributed by atoms with Crippen molar-refractivity contribution in [1.29, 1.82) is 0 Å². The van der Waals surface area contributed by atoms with Crippen LogP contribution in [0.5, 0.6) is 0 Å². The second-order valence-corrected chi connectivity index (χ2v) is 4.33. The molecule has 0 unspecified atom stereocenters. The molecule has 0 aliphatic carbocycles. The smallest absolute Gasteiger partial charge is 0.221 e. The van der Waals surface area contributed by atoms with E-state index >= 15 is 0 Å². The summed E-state index contributed by atoms with van der Waals surface area (Å²) in [5, 5.41) is 15.8. The van der Waals surface area contributed by atoms with Crippen LogP contribution in [0.1, 0.15) is 13.3 Å². The van der Waals surface area contributed by atoms with E-state index in [1.54, 1.807) is 10.9 Å². The molecule has 1 heterocycles. The van der Waals surface area contributed by atoms with Crippen molar-refractivity contribution in [2.45, 2.75) is 19.9 Å². The van der Waals surface area contributed by atoms with Gasteiger partial charge >= 0.3 is 0 Å². The summed E-state index contributed by atoms with van der Waals surface area (Å²) in [7, 11) is 0. The minimum atomic E-state index is -0.0872. The Morgan fingerprint density at radius 2 is 2.26 bits per heavy atom. The van der Waals surface area contributed by atoms with Crippen LogP contribution in [0.2, 0.25) is 0 Å². The van der Waals surface area contributed by atoms with E-state index in [0.29, 0.717) is 13.0 Å². The number of hydrogen-bond donors (Lipinski definition) is 2. The number of benzene rings is 1. The van der Waals surface area contributed by atoms with Gasteiger partial charge in [-0.1, -0.05) is 12.1 Å². The predicted molar refractivity (Wildman–Crippen MR) is 73.7 cm³/mol. The molecule has 0 saturated heterocycles. The van der Waals surface area contributed by atoms with Gasteiger partial charge < -0.3 is 10.4 Å². The zero-order valence-corrected chi connectivity index (χ0v) is 10.8. The highest BCUT2D eigenvalue weighted by Gasteiger charge is 2.03. The van der Waals surface area contributed by atoms with Gasteiger partial charge in [0.2, 0.25) is 5.91 Å². The lowest BCUT2D eigenvalue weighted by molar-refractivity contribution is -0.114. The second kappa shape index (κ2) is 6.15. The first-order valence-corrected chi connectivity index (χ1v) is 6.20. The largest absolute Gasteiger partial charge is 0.396 e. The Labute approximate surface area is 111 Å². The van der Waals surface area contributed by atoms with Gasteiger partial charge in [-0.3, -0.25) is 9.48 Å². The van der Waals surface area contributed by atoms with Crippen molar-refractivity contribution in [3.8, 4) is 11.1 Å². The minimum Gasteiger partial charge on any atom is -0.396 e. The molecule has 2 aromatic rings. The van der Waals surface area contributed by atoms with Crippen molar-refractivity contribution in [2.75, 3.05) is 11.9 Å². The maximum atomic E-state index is 11.0. The van der Waals surface area contributed by atoms with E-state index in [4.69, 9.17) is 5.11 Å². The fourth-order valence-corrected chi connectivity index (χ4v) is 1.85. The lowest BCUT2D eigenvalue weighted by atomic mass is 10.1. The molecule has 1 aromatic heterocycles. The predicted octanol–water partition coefficient (Wildman–Crippen LogP) is 1.89. The first kappa shape index (κ1) is 13.3. The number of carbonyl (C=O) groups is 1. The molecule has 100 valence electrons. The number of amides is 1. The summed E-state index contributed by atoms with van der Waals surface area (Å²) in [6, 6.07) is 7.63. The van der Waals surface area contributed by atoms with Crippen LogP contribution in [0.25, 0.3) is 11.1 Å². The van der Waals surface area contributed by atoms with E-state index in [1.165, 1.54) is 6.92 Å². The van der Waals surface area contributed by atoms with Gasteiger partial charge in [0.1, 0.15) is 0 Å². The molecule has 0 aliphatic heterocycles. The Bertz CT molecular complexity index is 563. The van der Waals surface area contributed by atoms with Gasteiger partial charge in [0, 0.05) is 37.5 Å². The van der Waals surface area contributed by atoms with Gasteiger partial charge in [-0.2, -0.15) is 5.10 Å². The number of nitrogens with one attached hydrogen (secondary N) is 1. The SMILES string of the molecule is CC(=O)Nc1cccc(-c2cnn(CCCO)c2)c1. The highest BCUT2D eigenvalue weighted by molar-refractivity contribution is 5.89. The average Bonchev–Trinajstić information content (AvgIpc) is 2.84. The van der Waals surface area contributed by atoms with E-state index in [2.05, 4.69) is 10.4 Å². The average molecular weight is 259 g/mol. The third-order valence-electron chi connectivity index (χ3n) is 2.69. The van der Waals surface area contributed by atoms with E-state index in [0.717, 1.165) is 16.8 Å². The van der Waals surface area contributed by atoms with E-state index in [-0.39, 0.29) is 12.5 Å². The van der Waals surface area contributed by atoms with Gasteiger partial charge in [-0.15, -0.1) is 0 Å². The zero-order chi connectivity index (χ0) is 13.7. The molecule has 0 radical (unpaired) electrons. The Hall–Kier alpha value is -2.14. The molecule has 1 aromatic carbocycles. The van der Waals surface area contributed by atoms with E-state index in [9.17, 15) is 4.79 Å². The highest BCUT2D eigenvalue weighted by Crippen LogP contribution is 2.22. The number of aromatic nitrogens is 2. The standard InChI is InChI=1S/C14H17N3O2/c1-11(19)16-14-5-2-4-12(8-14)13-9-15-17(10-13)6-3-7-18/h2,4-5,8-10,18H,3,6-7H2,1H3,(H,16,19). The van der Waals surface area contributed by atoms with E-state index in [1.807, 2.05) is 30.5 Å². The second-order valence-electron chi connectivity index (χ2n) is 4.33. The molecule has 0 atom stereocenters. The van der Waals surface area contributed by atoms with Crippen molar-refractivity contribution < 1.29 is 9.90 Å². The molecule has 1 amide bonds. The quantitative estimate of drug-likeness (QED) is 0.861. The molecule has 0 fully saturated rings. The molecule has 2 rings (SSSR count). The van der Waals surface area contributed by atoms with Crippen LogP contribution in [0.15, 0.2) is 36.7 Å². The fourth-order valence-electron chi connectivity index (χ4n) is 1.85. The van der Waals surface area contributed by atoms with Gasteiger partial charge in [0.15, 0.2) is 0 Å². The van der Waals surface area contributed by atoms with Crippen molar-refractivity contribution in [2.24, 2.45) is 0 Å². The van der Waals surface area contributed by atoms with Crippen LogP contribution >= 0.6 is 0 Å². The number of anilines is 1. The zero-order valence-electron chi connectivity index (χ0n) is 10.8. The van der Waals surface area contributed by atoms with Gasteiger partial charge in [0.25, 0.3) is 0 Å². The number of carbonyl (C=O) groups excluding carboxylic acids is 1. The van der Waals surface area contributed by atoms with Crippen molar-refractivity contribution >= 4 is 11.6 Å². The van der Waals surface area contributed by atoms with Crippen molar-refractivity contribution in [1.82, 2.24) is 9.78 Å². The normalized spacial score (nSPS) is 10.4. The Morgan fingerprint density at radius 3 is 3.00 bits per heavy atom. The number of rotatable bonds is 5. The Morgan fingerprint density at radius 1 is 1.42 bits per heavy atom. The van der Waals surface area contributed by atoms with E-state index < -0.39 is 0 Å². The first-order valence-electron chi connectivity index (χ1n) is 6.20. The van der Waals surface area contributed by atoms with Crippen LogP contribution in [0.4, 0.5) is 5.69 Å². The van der Waals surface area contributed by atoms with Crippen molar-refractivity contribution in [3.63, 3.8) is 0 Å². The van der Waals surface area contributed by atoms with Crippen LogP contribution in [-0.4, -0.2) is 27.4 Å². The summed E-state index contributed by atoms with van der Waals surface area (Å²) in [5.41, 5.74) is 2.76. The Balaban J connectivity index is 2.16. The van der Waals surface area contributed by atoms with Crippen LogP contribution < -0.4 is 5.32 Å². The monoisotopic (exact) mass is 259 g/mol. The number of aliphatic hydroxyl groups excluding tert-OH is 1. The summed E-state index contributed by atoms with van der Waals surface area (Å²) in [6.07, 6.45) is 4.40. The lowest BCUT2D eigenvalue weighted by Gasteiger charge is -2.04. The number of nitrogens with zero attached hydrogens (tertiary/aromatic N) is 2. The minimum absolute atomic E-state index is 0.0872. The fraction of sp³-hybridized carbons (Fsp3) is 0.286. The number of aryl methyl sites for hydroxylation is 1. The van der Waals surface area contributed by atoms with Crippen LogP contribution in [0.3, 0.4) is 0 Å². The van der Waals surface area contributed by atoms with Gasteiger partial charge in [0.05, 0.1) is 6.20 Å². The maximum Gasteiger partial charge on any atom is 0.221 e. The molecule has 5 heteroatoms. The molecule has 0 bridgehead atoms. The summed E-state index contributed by atoms with van der Waals surface area (Å²) in [5.74, 6) is -0.0872. The summed E-state index contributed by atoms with van der Waals surface area (Å²) in [6.45, 7) is 2.34. The molecule has 0 spiro atoms. The molecular weight excluding hydrogens is 242 g/mol. The van der Waals surface area contributed by atoms with Gasteiger partial charge in [-0.25, -0.2) is 0 Å². The summed E-state index contributed by atoms with van der Waals surface area (Å²) >= 11 is 0. The topological polar surface area (TPSA) is 67.2 Å². The third-order valence-corrected chi connectivity index (χ3v) is 2.69. The molecule has 0 saturated carbocycles. The summed E-state index contributed by atoms with van der Waals surface area (Å²) in [4.78, 5) is 11.0. The Kier molecular flexibility index (Phi) is 4.30. The van der Waals surface area contributed by atoms with Crippen LogP contribution in [-0.2, 0) is 11.3 Å². The third kappa shape index (κ3) is 3.66. The highest BCUT2D eigenvalue weighted by atomic mass is 16.3.